The fourth-order valence-electron chi connectivity index (χ4n) is 8.76. The minimum atomic E-state index is 0.677. The lowest BCUT2D eigenvalue weighted by atomic mass is 9.89. The monoisotopic (exact) mass is 677 g/mol. The highest BCUT2D eigenvalue weighted by Crippen LogP contribution is 2.51. The van der Waals surface area contributed by atoms with E-state index in [4.69, 9.17) is 9.97 Å². The van der Waals surface area contributed by atoms with E-state index in [0.717, 1.165) is 33.2 Å². The molecule has 0 amide bonds. The number of hydrogen-bond acceptors (Lipinski definition) is 3. The van der Waals surface area contributed by atoms with Crippen molar-refractivity contribution >= 4 is 107 Å². The molecule has 0 aliphatic heterocycles. The summed E-state index contributed by atoms with van der Waals surface area (Å²) in [6, 6.07) is 59.2. The third-order valence-electron chi connectivity index (χ3n) is 10.9. The van der Waals surface area contributed by atoms with Crippen molar-refractivity contribution in [3.8, 4) is 17.2 Å². The molecule has 0 unspecified atom stereocenters. The fourth-order valence-corrected chi connectivity index (χ4v) is 10.0. The van der Waals surface area contributed by atoms with Crippen molar-refractivity contribution in [3.63, 3.8) is 0 Å². The van der Waals surface area contributed by atoms with Gasteiger partial charge in [0.15, 0.2) is 0 Å². The smallest absolute Gasteiger partial charge is 0.235 e. The molecule has 0 bridgehead atoms. The van der Waals surface area contributed by atoms with E-state index in [1.54, 1.807) is 0 Å². The van der Waals surface area contributed by atoms with E-state index in [1.165, 1.54) is 74.0 Å². The first-order valence-corrected chi connectivity index (χ1v) is 18.5. The molecule has 52 heavy (non-hydrogen) atoms. The summed E-state index contributed by atoms with van der Waals surface area (Å²) in [7, 11) is 0. The first-order chi connectivity index (χ1) is 25.8. The van der Waals surface area contributed by atoms with Gasteiger partial charge in [0.25, 0.3) is 0 Å². The first kappa shape index (κ1) is 28.1. The minimum absolute atomic E-state index is 0.677. The zero-order valence-corrected chi connectivity index (χ0v) is 28.7. The molecule has 9 aromatic carbocycles. The summed E-state index contributed by atoms with van der Waals surface area (Å²) >= 11 is 1.87. The van der Waals surface area contributed by atoms with Gasteiger partial charge in [-0.25, -0.2) is 9.97 Å². The number of para-hydroxylation sites is 2. The van der Waals surface area contributed by atoms with Gasteiger partial charge >= 0.3 is 0 Å². The highest BCUT2D eigenvalue weighted by molar-refractivity contribution is 7.27. The molecule has 3 aromatic heterocycles. The van der Waals surface area contributed by atoms with Crippen LogP contribution in [0.2, 0.25) is 0 Å². The minimum Gasteiger partial charge on any atom is -0.276 e. The Bertz CT molecular complexity index is 3480. The van der Waals surface area contributed by atoms with Crippen LogP contribution >= 0.6 is 11.3 Å². The summed E-state index contributed by atoms with van der Waals surface area (Å²) in [6.07, 6.45) is 0. The van der Waals surface area contributed by atoms with Gasteiger partial charge in [0.05, 0.1) is 26.9 Å². The van der Waals surface area contributed by atoms with Crippen molar-refractivity contribution < 1.29 is 0 Å². The van der Waals surface area contributed by atoms with Gasteiger partial charge in [-0.15, -0.1) is 11.3 Å². The summed E-state index contributed by atoms with van der Waals surface area (Å²) in [5.74, 6) is 0.677. The number of rotatable bonds is 2. The van der Waals surface area contributed by atoms with Crippen LogP contribution in [-0.4, -0.2) is 14.5 Å². The molecule has 0 aliphatic carbocycles. The van der Waals surface area contributed by atoms with Crippen molar-refractivity contribution in [1.82, 2.24) is 14.5 Å². The van der Waals surface area contributed by atoms with Crippen LogP contribution in [0, 0.1) is 0 Å². The SMILES string of the molecule is c1ccc2cc(-c3nc(-n4c5ccccc5c5c6c7ccccc7c7ccccc7c6c6c7ccccc7sc6c54)nc4ccccc34)ccc2c1. The Labute approximate surface area is 301 Å². The quantitative estimate of drug-likeness (QED) is 0.171. The van der Waals surface area contributed by atoms with Crippen molar-refractivity contribution in [3.05, 3.63) is 164 Å². The van der Waals surface area contributed by atoms with Crippen LogP contribution in [0.3, 0.4) is 0 Å². The Hall–Kier alpha value is -6.62. The van der Waals surface area contributed by atoms with Gasteiger partial charge in [0, 0.05) is 48.0 Å². The van der Waals surface area contributed by atoms with Gasteiger partial charge in [-0.05, 0) is 56.6 Å². The van der Waals surface area contributed by atoms with Crippen LogP contribution in [0.5, 0.6) is 0 Å². The topological polar surface area (TPSA) is 30.7 Å². The van der Waals surface area contributed by atoms with Gasteiger partial charge in [0.2, 0.25) is 5.95 Å². The largest absolute Gasteiger partial charge is 0.276 e. The highest BCUT2D eigenvalue weighted by Gasteiger charge is 2.26. The predicted octanol–water partition coefficient (Wildman–Crippen LogP) is 13.4. The van der Waals surface area contributed by atoms with E-state index in [-0.39, 0.29) is 0 Å². The summed E-state index contributed by atoms with van der Waals surface area (Å²) in [5, 5.41) is 16.2. The maximum absolute atomic E-state index is 5.53. The maximum Gasteiger partial charge on any atom is 0.235 e. The van der Waals surface area contributed by atoms with Crippen LogP contribution < -0.4 is 0 Å². The van der Waals surface area contributed by atoms with Gasteiger partial charge in [-0.2, -0.15) is 0 Å². The molecule has 0 spiro atoms. The highest BCUT2D eigenvalue weighted by atomic mass is 32.1. The van der Waals surface area contributed by atoms with Crippen LogP contribution in [0.25, 0.3) is 113 Å². The Morgan fingerprint density at radius 2 is 1.02 bits per heavy atom. The molecule has 0 radical (unpaired) electrons. The lowest BCUT2D eigenvalue weighted by Crippen LogP contribution is -2.03. The van der Waals surface area contributed by atoms with Crippen molar-refractivity contribution in [1.29, 1.82) is 0 Å². The lowest BCUT2D eigenvalue weighted by Gasteiger charge is -2.15. The zero-order valence-electron chi connectivity index (χ0n) is 27.8. The van der Waals surface area contributed by atoms with E-state index < -0.39 is 0 Å². The average Bonchev–Trinajstić information content (AvgIpc) is 3.77. The van der Waals surface area contributed by atoms with Crippen LogP contribution in [0.4, 0.5) is 0 Å². The standard InChI is InChI=1S/C48H27N3S/c1-2-14-29-27-30(26-25-28(29)13-1)45-35-19-7-10-22-38(35)49-48(50-45)51-39-23-11-8-20-36(39)43-41-33-17-5-3-15-31(33)32-16-4-6-18-34(32)42(41)44-37-21-9-12-24-40(37)52-47(44)46(43)51/h1-27H. The van der Waals surface area contributed by atoms with Gasteiger partial charge < -0.3 is 0 Å². The summed E-state index contributed by atoms with van der Waals surface area (Å²) in [4.78, 5) is 10.9. The zero-order chi connectivity index (χ0) is 33.9. The Kier molecular flexibility index (Phi) is 5.65. The summed E-state index contributed by atoms with van der Waals surface area (Å²) < 4.78 is 4.88. The fraction of sp³-hybridized carbons (Fsp3) is 0. The number of nitrogens with zero attached hydrogens (tertiary/aromatic N) is 3. The van der Waals surface area contributed by atoms with Crippen LogP contribution in [-0.2, 0) is 0 Å². The molecule has 0 aliphatic rings. The van der Waals surface area contributed by atoms with Crippen molar-refractivity contribution in [2.75, 3.05) is 0 Å². The molecule has 4 heteroatoms. The molecule has 0 N–H and O–H groups in total. The second kappa shape index (κ2) is 10.5. The predicted molar refractivity (Wildman–Crippen MR) is 222 cm³/mol. The summed E-state index contributed by atoms with van der Waals surface area (Å²) in [5.41, 5.74) is 5.19. The molecule has 0 saturated heterocycles. The maximum atomic E-state index is 5.53. The second-order valence-electron chi connectivity index (χ2n) is 13.7. The molecular weight excluding hydrogens is 651 g/mol. The number of fused-ring (bicyclic) bond motifs is 17. The number of thiophene rings is 1. The van der Waals surface area contributed by atoms with Crippen LogP contribution in [0.15, 0.2) is 164 Å². The molecular formula is C48H27N3S. The van der Waals surface area contributed by atoms with E-state index in [9.17, 15) is 0 Å². The molecule has 0 fully saturated rings. The Balaban J connectivity index is 1.33. The molecule has 12 rings (SSSR count). The molecule has 240 valence electrons. The molecule has 0 saturated carbocycles. The van der Waals surface area contributed by atoms with Crippen molar-refractivity contribution in [2.45, 2.75) is 0 Å². The second-order valence-corrected chi connectivity index (χ2v) is 14.7. The summed E-state index contributed by atoms with van der Waals surface area (Å²) in [6.45, 7) is 0. The van der Waals surface area contributed by atoms with Gasteiger partial charge in [0.1, 0.15) is 0 Å². The van der Waals surface area contributed by atoms with Crippen molar-refractivity contribution in [2.24, 2.45) is 0 Å². The van der Waals surface area contributed by atoms with E-state index in [1.807, 2.05) is 11.3 Å². The van der Waals surface area contributed by atoms with Gasteiger partial charge in [-0.1, -0.05) is 140 Å². The normalized spacial score (nSPS) is 12.2. The lowest BCUT2D eigenvalue weighted by molar-refractivity contribution is 1.02. The van der Waals surface area contributed by atoms with E-state index in [2.05, 4.69) is 168 Å². The number of aromatic nitrogens is 3. The third kappa shape index (κ3) is 3.74. The van der Waals surface area contributed by atoms with E-state index in [0.29, 0.717) is 5.95 Å². The molecule has 12 aromatic rings. The third-order valence-corrected chi connectivity index (χ3v) is 12.1. The average molecular weight is 678 g/mol. The number of benzene rings is 9. The van der Waals surface area contributed by atoms with Crippen LogP contribution in [0.1, 0.15) is 0 Å². The molecule has 3 heterocycles. The molecule has 3 nitrogen and oxygen atoms in total. The Morgan fingerprint density at radius 1 is 0.423 bits per heavy atom. The number of hydrogen-bond donors (Lipinski definition) is 0. The Morgan fingerprint density at radius 3 is 1.81 bits per heavy atom. The van der Waals surface area contributed by atoms with E-state index >= 15 is 0 Å². The van der Waals surface area contributed by atoms with Gasteiger partial charge in [-0.3, -0.25) is 4.57 Å². The molecule has 0 atom stereocenters. The first-order valence-electron chi connectivity index (χ1n) is 17.7.